The number of hydrogen-bond donors (Lipinski definition) is 1. The van der Waals surface area contributed by atoms with Gasteiger partial charge in [0.25, 0.3) is 5.91 Å². The van der Waals surface area contributed by atoms with Crippen LogP contribution in [0.4, 0.5) is 0 Å². The van der Waals surface area contributed by atoms with E-state index in [4.69, 9.17) is 4.74 Å². The van der Waals surface area contributed by atoms with Crippen molar-refractivity contribution >= 4 is 21.8 Å². The first-order valence-corrected chi connectivity index (χ1v) is 8.09. The Morgan fingerprint density at radius 1 is 1.40 bits per heavy atom. The largest absolute Gasteiger partial charge is 0.496 e. The molecule has 1 aromatic carbocycles. The maximum atomic E-state index is 12.5. The summed E-state index contributed by atoms with van der Waals surface area (Å²) in [6, 6.07) is 5.81. The topological polar surface area (TPSA) is 38.3 Å². The molecule has 0 heterocycles. The number of hydrogen-bond acceptors (Lipinski definition) is 2. The fourth-order valence-electron chi connectivity index (χ4n) is 2.99. The van der Waals surface area contributed by atoms with Crippen LogP contribution >= 0.6 is 15.9 Å². The number of nitrogens with one attached hydrogen (secondary N) is 1. The monoisotopic (exact) mass is 339 g/mol. The highest BCUT2D eigenvalue weighted by molar-refractivity contribution is 9.10. The fourth-order valence-corrected chi connectivity index (χ4v) is 3.33. The minimum absolute atomic E-state index is 0.0281. The molecule has 1 aliphatic rings. The third-order valence-corrected chi connectivity index (χ3v) is 4.65. The normalized spacial score (nSPS) is 22.4. The van der Waals surface area contributed by atoms with Crippen molar-refractivity contribution in [3.63, 3.8) is 0 Å². The van der Waals surface area contributed by atoms with Crippen molar-refractivity contribution < 1.29 is 9.53 Å². The summed E-state index contributed by atoms with van der Waals surface area (Å²) in [4.78, 5) is 12.5. The van der Waals surface area contributed by atoms with Crippen LogP contribution in [0.1, 0.15) is 49.4 Å². The van der Waals surface area contributed by atoms with E-state index in [-0.39, 0.29) is 5.91 Å². The number of ether oxygens (including phenoxy) is 1. The van der Waals surface area contributed by atoms with Gasteiger partial charge in [-0.25, -0.2) is 0 Å². The molecule has 2 rings (SSSR count). The van der Waals surface area contributed by atoms with Crippen LogP contribution in [0.3, 0.4) is 0 Å². The highest BCUT2D eigenvalue weighted by Gasteiger charge is 2.26. The molecule has 1 amide bonds. The van der Waals surface area contributed by atoms with Crippen molar-refractivity contribution in [1.82, 2.24) is 5.32 Å². The molecule has 20 heavy (non-hydrogen) atoms. The van der Waals surface area contributed by atoms with Crippen LogP contribution in [-0.2, 0) is 0 Å². The summed E-state index contributed by atoms with van der Waals surface area (Å²) in [5.41, 5.74) is 0.608. The van der Waals surface area contributed by atoms with Gasteiger partial charge in [-0.05, 0) is 37.0 Å². The molecule has 1 fully saturated rings. The van der Waals surface area contributed by atoms with Crippen molar-refractivity contribution in [2.75, 3.05) is 7.11 Å². The molecule has 0 spiro atoms. The number of methoxy groups -OCH3 is 1. The molecule has 0 saturated heterocycles. The third-order valence-electron chi connectivity index (χ3n) is 4.16. The van der Waals surface area contributed by atoms with E-state index in [9.17, 15) is 4.79 Å². The van der Waals surface area contributed by atoms with E-state index in [1.54, 1.807) is 7.11 Å². The number of carbonyl (C=O) groups is 1. The SMILES string of the molecule is CCC1CCCCC1NC(=O)c1ccc(Br)cc1OC. The van der Waals surface area contributed by atoms with E-state index >= 15 is 0 Å². The second kappa shape index (κ2) is 7.11. The molecular formula is C16H22BrNO2. The molecule has 0 aromatic heterocycles. The molecule has 0 aliphatic heterocycles. The Balaban J connectivity index is 2.11. The Morgan fingerprint density at radius 3 is 2.85 bits per heavy atom. The van der Waals surface area contributed by atoms with E-state index < -0.39 is 0 Å². The van der Waals surface area contributed by atoms with Crippen LogP contribution in [0, 0.1) is 5.92 Å². The molecule has 2 atom stereocenters. The lowest BCUT2D eigenvalue weighted by Gasteiger charge is -2.31. The number of carbonyl (C=O) groups excluding carboxylic acids is 1. The molecule has 4 heteroatoms. The zero-order valence-corrected chi connectivity index (χ0v) is 13.7. The maximum absolute atomic E-state index is 12.5. The quantitative estimate of drug-likeness (QED) is 0.894. The predicted molar refractivity (Wildman–Crippen MR) is 84.2 cm³/mol. The predicted octanol–water partition coefficient (Wildman–Crippen LogP) is 4.16. The summed E-state index contributed by atoms with van der Waals surface area (Å²) in [6.45, 7) is 2.20. The Bertz CT molecular complexity index is 476. The van der Waals surface area contributed by atoms with Gasteiger partial charge in [0.1, 0.15) is 5.75 Å². The molecule has 0 bridgehead atoms. The van der Waals surface area contributed by atoms with E-state index in [0.29, 0.717) is 23.3 Å². The molecule has 1 aromatic rings. The van der Waals surface area contributed by atoms with Gasteiger partial charge in [-0.1, -0.05) is 42.1 Å². The summed E-state index contributed by atoms with van der Waals surface area (Å²) in [5.74, 6) is 1.19. The van der Waals surface area contributed by atoms with Crippen LogP contribution in [-0.4, -0.2) is 19.1 Å². The van der Waals surface area contributed by atoms with Crippen LogP contribution in [0.2, 0.25) is 0 Å². The minimum atomic E-state index is -0.0281. The molecule has 1 saturated carbocycles. The standard InChI is InChI=1S/C16H22BrNO2/c1-3-11-6-4-5-7-14(11)18-16(19)13-9-8-12(17)10-15(13)20-2/h8-11,14H,3-7H2,1-2H3,(H,18,19). The van der Waals surface area contributed by atoms with Gasteiger partial charge in [0.15, 0.2) is 0 Å². The molecule has 0 radical (unpaired) electrons. The van der Waals surface area contributed by atoms with E-state index in [0.717, 1.165) is 17.3 Å². The van der Waals surface area contributed by atoms with E-state index in [1.165, 1.54) is 19.3 Å². The van der Waals surface area contributed by atoms with Gasteiger partial charge in [-0.2, -0.15) is 0 Å². The van der Waals surface area contributed by atoms with Crippen molar-refractivity contribution in [2.24, 2.45) is 5.92 Å². The van der Waals surface area contributed by atoms with Gasteiger partial charge < -0.3 is 10.1 Å². The van der Waals surface area contributed by atoms with Gasteiger partial charge in [-0.15, -0.1) is 0 Å². The van der Waals surface area contributed by atoms with Crippen molar-refractivity contribution in [2.45, 2.75) is 45.1 Å². The molecule has 110 valence electrons. The average molecular weight is 340 g/mol. The lowest BCUT2D eigenvalue weighted by atomic mass is 9.83. The zero-order chi connectivity index (χ0) is 14.5. The lowest BCUT2D eigenvalue weighted by Crippen LogP contribution is -2.42. The van der Waals surface area contributed by atoms with E-state index in [2.05, 4.69) is 28.2 Å². The van der Waals surface area contributed by atoms with Crippen LogP contribution in [0.25, 0.3) is 0 Å². The van der Waals surface area contributed by atoms with Gasteiger partial charge in [0.2, 0.25) is 0 Å². The first kappa shape index (κ1) is 15.4. The molecular weight excluding hydrogens is 318 g/mol. The second-order valence-corrected chi connectivity index (χ2v) is 6.29. The van der Waals surface area contributed by atoms with E-state index in [1.807, 2.05) is 18.2 Å². The lowest BCUT2D eigenvalue weighted by molar-refractivity contribution is 0.0901. The maximum Gasteiger partial charge on any atom is 0.255 e. The summed E-state index contributed by atoms with van der Waals surface area (Å²) in [5, 5.41) is 3.20. The Labute approximate surface area is 129 Å². The first-order chi connectivity index (χ1) is 9.65. The third kappa shape index (κ3) is 3.54. The fraction of sp³-hybridized carbons (Fsp3) is 0.562. The Kier molecular flexibility index (Phi) is 5.46. The van der Waals surface area contributed by atoms with Crippen molar-refractivity contribution in [3.8, 4) is 5.75 Å². The van der Waals surface area contributed by atoms with Gasteiger partial charge in [0, 0.05) is 10.5 Å². The summed E-state index contributed by atoms with van der Waals surface area (Å²) < 4.78 is 6.21. The molecule has 1 N–H and O–H groups in total. The van der Waals surface area contributed by atoms with Crippen LogP contribution < -0.4 is 10.1 Å². The first-order valence-electron chi connectivity index (χ1n) is 7.30. The highest BCUT2D eigenvalue weighted by atomic mass is 79.9. The number of benzene rings is 1. The van der Waals surface area contributed by atoms with Crippen LogP contribution in [0.5, 0.6) is 5.75 Å². The van der Waals surface area contributed by atoms with Gasteiger partial charge >= 0.3 is 0 Å². The molecule has 3 nitrogen and oxygen atoms in total. The summed E-state index contributed by atoms with van der Waals surface area (Å²) >= 11 is 3.39. The van der Waals surface area contributed by atoms with Gasteiger partial charge in [0.05, 0.1) is 12.7 Å². The highest BCUT2D eigenvalue weighted by Crippen LogP contribution is 2.28. The number of halogens is 1. The summed E-state index contributed by atoms with van der Waals surface area (Å²) in [7, 11) is 1.59. The van der Waals surface area contributed by atoms with Crippen molar-refractivity contribution in [1.29, 1.82) is 0 Å². The zero-order valence-electron chi connectivity index (χ0n) is 12.1. The van der Waals surface area contributed by atoms with Crippen molar-refractivity contribution in [3.05, 3.63) is 28.2 Å². The average Bonchev–Trinajstić information content (AvgIpc) is 2.47. The van der Waals surface area contributed by atoms with Crippen LogP contribution in [0.15, 0.2) is 22.7 Å². The Morgan fingerprint density at radius 2 is 2.15 bits per heavy atom. The second-order valence-electron chi connectivity index (χ2n) is 5.38. The molecule has 2 unspecified atom stereocenters. The number of amides is 1. The smallest absolute Gasteiger partial charge is 0.255 e. The minimum Gasteiger partial charge on any atom is -0.496 e. The van der Waals surface area contributed by atoms with Gasteiger partial charge in [-0.3, -0.25) is 4.79 Å². The molecule has 1 aliphatic carbocycles. The number of rotatable bonds is 4. The summed E-state index contributed by atoms with van der Waals surface area (Å²) in [6.07, 6.45) is 5.93. The Hall–Kier alpha value is -1.03.